The van der Waals surface area contributed by atoms with E-state index in [9.17, 15) is 24.1 Å². The standard InChI is InChI=1S/C11H11FN2O6/c1-6-2-8(9(14(19)20)3-7(6)12)13(4-10(15)16)5-11(17)18/h2-3H,4-5H2,1H3,(H,15,16)(H,17,18). The van der Waals surface area contributed by atoms with Crippen LogP contribution in [0.2, 0.25) is 0 Å². The summed E-state index contributed by atoms with van der Waals surface area (Å²) in [7, 11) is 0. The van der Waals surface area contributed by atoms with Gasteiger partial charge in [0.1, 0.15) is 24.6 Å². The largest absolute Gasteiger partial charge is 0.480 e. The van der Waals surface area contributed by atoms with Crippen molar-refractivity contribution in [3.05, 3.63) is 33.6 Å². The van der Waals surface area contributed by atoms with Gasteiger partial charge in [0.25, 0.3) is 5.69 Å². The van der Waals surface area contributed by atoms with Crippen molar-refractivity contribution in [1.29, 1.82) is 0 Å². The molecule has 0 unspecified atom stereocenters. The molecule has 20 heavy (non-hydrogen) atoms. The molecule has 0 fully saturated rings. The van der Waals surface area contributed by atoms with Gasteiger partial charge in [0, 0.05) is 0 Å². The van der Waals surface area contributed by atoms with E-state index in [1.807, 2.05) is 0 Å². The van der Waals surface area contributed by atoms with Crippen molar-refractivity contribution >= 4 is 23.3 Å². The van der Waals surface area contributed by atoms with Gasteiger partial charge in [-0.2, -0.15) is 0 Å². The predicted octanol–water partition coefficient (Wildman–Crippen LogP) is 1.02. The van der Waals surface area contributed by atoms with Crippen molar-refractivity contribution in [3.8, 4) is 0 Å². The van der Waals surface area contributed by atoms with Crippen molar-refractivity contribution < 1.29 is 29.1 Å². The van der Waals surface area contributed by atoms with E-state index in [0.717, 1.165) is 11.0 Å². The van der Waals surface area contributed by atoms with Gasteiger partial charge in [0.15, 0.2) is 0 Å². The number of nitrogens with zero attached hydrogens (tertiary/aromatic N) is 2. The van der Waals surface area contributed by atoms with E-state index in [4.69, 9.17) is 10.2 Å². The van der Waals surface area contributed by atoms with Gasteiger partial charge in [0.2, 0.25) is 0 Å². The fourth-order valence-electron chi connectivity index (χ4n) is 1.61. The van der Waals surface area contributed by atoms with Crippen LogP contribution in [0.5, 0.6) is 0 Å². The molecule has 0 aliphatic heterocycles. The van der Waals surface area contributed by atoms with Crippen LogP contribution in [0.3, 0.4) is 0 Å². The van der Waals surface area contributed by atoms with Crippen LogP contribution < -0.4 is 4.90 Å². The number of carboxylic acids is 2. The quantitative estimate of drug-likeness (QED) is 0.591. The Kier molecular flexibility index (Phi) is 4.57. The van der Waals surface area contributed by atoms with Crippen LogP contribution in [-0.2, 0) is 9.59 Å². The maximum atomic E-state index is 13.4. The van der Waals surface area contributed by atoms with Gasteiger partial charge in [-0.15, -0.1) is 0 Å². The molecular formula is C11H11FN2O6. The predicted molar refractivity (Wildman–Crippen MR) is 65.3 cm³/mol. The Hall–Kier alpha value is -2.71. The minimum absolute atomic E-state index is 0.0476. The molecule has 0 bridgehead atoms. The Morgan fingerprint density at radius 2 is 1.80 bits per heavy atom. The normalized spacial score (nSPS) is 10.1. The van der Waals surface area contributed by atoms with E-state index in [1.165, 1.54) is 6.92 Å². The fourth-order valence-corrected chi connectivity index (χ4v) is 1.61. The van der Waals surface area contributed by atoms with Crippen molar-refractivity contribution in [2.45, 2.75) is 6.92 Å². The second-order valence-electron chi connectivity index (χ2n) is 3.99. The second-order valence-corrected chi connectivity index (χ2v) is 3.99. The summed E-state index contributed by atoms with van der Waals surface area (Å²) in [5.41, 5.74) is -0.888. The molecule has 0 aliphatic rings. The number of hydrogen-bond acceptors (Lipinski definition) is 5. The molecule has 0 radical (unpaired) electrons. The number of carboxylic acid groups (broad SMARTS) is 2. The summed E-state index contributed by atoms with van der Waals surface area (Å²) >= 11 is 0. The molecule has 0 amide bonds. The van der Waals surface area contributed by atoms with Crippen LogP contribution in [0, 0.1) is 22.9 Å². The first-order valence-electron chi connectivity index (χ1n) is 5.35. The number of nitro groups is 1. The smallest absolute Gasteiger partial charge is 0.323 e. The lowest BCUT2D eigenvalue weighted by molar-refractivity contribution is -0.384. The number of anilines is 1. The molecule has 0 aliphatic carbocycles. The molecule has 108 valence electrons. The summed E-state index contributed by atoms with van der Waals surface area (Å²) < 4.78 is 13.4. The highest BCUT2D eigenvalue weighted by molar-refractivity contribution is 5.82. The van der Waals surface area contributed by atoms with Crippen LogP contribution in [0.1, 0.15) is 5.56 Å². The van der Waals surface area contributed by atoms with E-state index >= 15 is 0 Å². The molecule has 0 saturated carbocycles. The highest BCUT2D eigenvalue weighted by Crippen LogP contribution is 2.30. The number of nitro benzene ring substituents is 1. The molecule has 9 heteroatoms. The van der Waals surface area contributed by atoms with Crippen molar-refractivity contribution in [2.75, 3.05) is 18.0 Å². The minimum Gasteiger partial charge on any atom is -0.480 e. The molecule has 1 aromatic rings. The molecule has 0 spiro atoms. The molecule has 1 aromatic carbocycles. The molecule has 8 nitrogen and oxygen atoms in total. The van der Waals surface area contributed by atoms with Gasteiger partial charge in [-0.25, -0.2) is 4.39 Å². The number of hydrogen-bond donors (Lipinski definition) is 2. The highest BCUT2D eigenvalue weighted by atomic mass is 19.1. The first kappa shape index (κ1) is 15.3. The Bertz CT molecular complexity index is 558. The van der Waals surface area contributed by atoms with E-state index in [-0.39, 0.29) is 11.3 Å². The van der Waals surface area contributed by atoms with E-state index in [2.05, 4.69) is 0 Å². The number of halogens is 1. The molecule has 2 N–H and O–H groups in total. The first-order chi connectivity index (χ1) is 9.22. The summed E-state index contributed by atoms with van der Waals surface area (Å²) in [6.45, 7) is -0.168. The third-order valence-electron chi connectivity index (χ3n) is 2.45. The third kappa shape index (κ3) is 3.64. The Balaban J connectivity index is 3.36. The molecular weight excluding hydrogens is 275 g/mol. The second kappa shape index (κ2) is 5.95. The van der Waals surface area contributed by atoms with E-state index < -0.39 is 41.5 Å². The van der Waals surface area contributed by atoms with Gasteiger partial charge in [0.05, 0.1) is 11.0 Å². The van der Waals surface area contributed by atoms with E-state index in [0.29, 0.717) is 6.07 Å². The average molecular weight is 286 g/mol. The number of rotatable bonds is 6. The zero-order valence-electron chi connectivity index (χ0n) is 10.4. The van der Waals surface area contributed by atoms with Crippen molar-refractivity contribution in [3.63, 3.8) is 0 Å². The maximum absolute atomic E-state index is 13.4. The fraction of sp³-hybridized carbons (Fsp3) is 0.273. The monoisotopic (exact) mass is 286 g/mol. The van der Waals surface area contributed by atoms with Gasteiger partial charge in [-0.05, 0) is 18.6 Å². The van der Waals surface area contributed by atoms with E-state index in [1.54, 1.807) is 0 Å². The lowest BCUT2D eigenvalue weighted by Crippen LogP contribution is -2.35. The third-order valence-corrected chi connectivity index (χ3v) is 2.45. The van der Waals surface area contributed by atoms with Crippen molar-refractivity contribution in [1.82, 2.24) is 0 Å². The van der Waals surface area contributed by atoms with Gasteiger partial charge < -0.3 is 15.1 Å². The zero-order chi connectivity index (χ0) is 15.4. The molecule has 0 atom stereocenters. The van der Waals surface area contributed by atoms with Gasteiger partial charge in [-0.1, -0.05) is 0 Å². The number of benzene rings is 1. The van der Waals surface area contributed by atoms with Crippen LogP contribution in [0.15, 0.2) is 12.1 Å². The summed E-state index contributed by atoms with van der Waals surface area (Å²) in [5.74, 6) is -3.55. The topological polar surface area (TPSA) is 121 Å². The van der Waals surface area contributed by atoms with Crippen LogP contribution in [0.4, 0.5) is 15.8 Å². The van der Waals surface area contributed by atoms with Crippen LogP contribution in [-0.4, -0.2) is 40.2 Å². The van der Waals surface area contributed by atoms with Crippen LogP contribution in [0.25, 0.3) is 0 Å². The number of carbonyl (C=O) groups is 2. The van der Waals surface area contributed by atoms with Crippen molar-refractivity contribution in [2.24, 2.45) is 0 Å². The molecule has 1 rings (SSSR count). The molecule has 0 aromatic heterocycles. The summed E-state index contributed by atoms with van der Waals surface area (Å²) in [6.07, 6.45) is 0. The summed E-state index contributed by atoms with van der Waals surface area (Å²) in [4.78, 5) is 32.2. The molecule has 0 heterocycles. The Morgan fingerprint density at radius 1 is 1.30 bits per heavy atom. The lowest BCUT2D eigenvalue weighted by atomic mass is 10.1. The highest BCUT2D eigenvalue weighted by Gasteiger charge is 2.24. The first-order valence-corrected chi connectivity index (χ1v) is 5.35. The van der Waals surface area contributed by atoms with Gasteiger partial charge in [-0.3, -0.25) is 19.7 Å². The number of aliphatic carboxylic acids is 2. The SMILES string of the molecule is Cc1cc(N(CC(=O)O)CC(=O)O)c([N+](=O)[O-])cc1F. The molecule has 0 saturated heterocycles. The Labute approximate surface area is 112 Å². The average Bonchev–Trinajstić information content (AvgIpc) is 2.29. The number of aryl methyl sites for hydroxylation is 1. The lowest BCUT2D eigenvalue weighted by Gasteiger charge is -2.21. The van der Waals surface area contributed by atoms with Crippen LogP contribution >= 0.6 is 0 Å². The summed E-state index contributed by atoms with van der Waals surface area (Å²) in [5, 5.41) is 28.3. The zero-order valence-corrected chi connectivity index (χ0v) is 10.4. The Morgan fingerprint density at radius 3 is 2.20 bits per heavy atom. The maximum Gasteiger partial charge on any atom is 0.323 e. The minimum atomic E-state index is -1.36. The van der Waals surface area contributed by atoms with Gasteiger partial charge >= 0.3 is 11.9 Å². The summed E-state index contributed by atoms with van der Waals surface area (Å²) in [6, 6.07) is 1.70.